The molecule has 0 unspecified atom stereocenters. The van der Waals surface area contributed by atoms with Crippen LogP contribution < -0.4 is 4.90 Å². The Kier molecular flexibility index (Phi) is 7.60. The number of carbonyl (C=O) groups is 1. The van der Waals surface area contributed by atoms with Gasteiger partial charge >= 0.3 is 5.97 Å². The van der Waals surface area contributed by atoms with E-state index in [0.29, 0.717) is 45.2 Å². The van der Waals surface area contributed by atoms with E-state index in [9.17, 15) is 9.90 Å². The van der Waals surface area contributed by atoms with Crippen LogP contribution in [0.4, 0.5) is 5.69 Å². The molecule has 0 fully saturated rings. The van der Waals surface area contributed by atoms with Crippen LogP contribution in [-0.2, 0) is 9.47 Å². The van der Waals surface area contributed by atoms with Gasteiger partial charge in [-0.2, -0.15) is 0 Å². The van der Waals surface area contributed by atoms with Crippen LogP contribution in [0.5, 0.6) is 0 Å². The van der Waals surface area contributed by atoms with E-state index >= 15 is 0 Å². The van der Waals surface area contributed by atoms with Crippen LogP contribution in [0.3, 0.4) is 0 Å². The number of ether oxygens (including phenoxy) is 2. The molecule has 0 saturated heterocycles. The Morgan fingerprint density at radius 2 is 1.85 bits per heavy atom. The molecule has 6 nitrogen and oxygen atoms in total. The van der Waals surface area contributed by atoms with Crippen molar-refractivity contribution in [2.24, 2.45) is 0 Å². The van der Waals surface area contributed by atoms with E-state index in [1.54, 1.807) is 12.1 Å². The maximum atomic E-state index is 11.2. The number of hydrogen-bond donors (Lipinski definition) is 1. The van der Waals surface area contributed by atoms with Gasteiger partial charge in [-0.1, -0.05) is 0 Å². The van der Waals surface area contributed by atoms with Crippen LogP contribution in [0.25, 0.3) is 0 Å². The molecule has 0 aromatic carbocycles. The highest BCUT2D eigenvalue weighted by molar-refractivity contribution is 5.92. The summed E-state index contributed by atoms with van der Waals surface area (Å²) in [5.41, 5.74) is 0.653. The number of anilines is 1. The summed E-state index contributed by atoms with van der Waals surface area (Å²) < 4.78 is 10.7. The summed E-state index contributed by atoms with van der Waals surface area (Å²) in [6, 6.07) is 3.49. The highest BCUT2D eigenvalue weighted by Gasteiger charge is 2.16. The number of aromatic nitrogens is 1. The smallest absolute Gasteiger partial charge is 0.356 e. The van der Waals surface area contributed by atoms with Crippen molar-refractivity contribution < 1.29 is 19.4 Å². The summed E-state index contributed by atoms with van der Waals surface area (Å²) in [5.74, 6) is -1.03. The topological polar surface area (TPSA) is 71.9 Å². The third-order valence-corrected chi connectivity index (χ3v) is 2.75. The molecular weight excluding hydrogens is 260 g/mol. The molecule has 0 saturated carbocycles. The second kappa shape index (κ2) is 9.28. The van der Waals surface area contributed by atoms with Crippen LogP contribution >= 0.6 is 0 Å². The van der Waals surface area contributed by atoms with E-state index in [2.05, 4.69) is 4.98 Å². The number of carboxylic acids is 1. The number of aromatic carboxylic acids is 1. The molecule has 6 heteroatoms. The summed E-state index contributed by atoms with van der Waals surface area (Å²) in [5, 5.41) is 9.21. The fourth-order valence-corrected chi connectivity index (χ4v) is 1.81. The summed E-state index contributed by atoms with van der Waals surface area (Å²) in [7, 11) is 0. The van der Waals surface area contributed by atoms with Crippen molar-refractivity contribution >= 4 is 11.7 Å². The zero-order valence-electron chi connectivity index (χ0n) is 12.0. The van der Waals surface area contributed by atoms with Gasteiger partial charge in [-0.15, -0.1) is 0 Å². The van der Waals surface area contributed by atoms with Crippen molar-refractivity contribution in [3.8, 4) is 0 Å². The molecule has 0 aliphatic carbocycles. The first-order valence-corrected chi connectivity index (χ1v) is 6.79. The van der Waals surface area contributed by atoms with Gasteiger partial charge in [0.25, 0.3) is 0 Å². The van der Waals surface area contributed by atoms with Crippen molar-refractivity contribution in [3.05, 3.63) is 24.0 Å². The lowest BCUT2D eigenvalue weighted by molar-refractivity contribution is 0.0690. The SMILES string of the molecule is CCOCCN(CCOCC)c1cccnc1C(=O)O. The molecule has 0 amide bonds. The van der Waals surface area contributed by atoms with Gasteiger partial charge < -0.3 is 19.5 Å². The monoisotopic (exact) mass is 282 g/mol. The second-order valence-electron chi connectivity index (χ2n) is 4.06. The van der Waals surface area contributed by atoms with Gasteiger partial charge in [0.1, 0.15) is 0 Å². The first-order valence-electron chi connectivity index (χ1n) is 6.79. The van der Waals surface area contributed by atoms with Gasteiger partial charge in [0.05, 0.1) is 18.9 Å². The maximum absolute atomic E-state index is 11.2. The van der Waals surface area contributed by atoms with E-state index in [-0.39, 0.29) is 5.69 Å². The van der Waals surface area contributed by atoms with Crippen molar-refractivity contribution in [2.45, 2.75) is 13.8 Å². The van der Waals surface area contributed by atoms with E-state index in [0.717, 1.165) is 0 Å². The quantitative estimate of drug-likeness (QED) is 0.658. The predicted molar refractivity (Wildman–Crippen MR) is 76.4 cm³/mol. The molecular formula is C14H22N2O4. The standard InChI is InChI=1S/C14H22N2O4/c1-3-19-10-8-16(9-11-20-4-2)12-6-5-7-15-13(12)14(17)18/h5-7H,3-4,8-11H2,1-2H3,(H,17,18). The fraction of sp³-hybridized carbons (Fsp3) is 0.571. The summed E-state index contributed by atoms with van der Waals surface area (Å²) in [6.07, 6.45) is 1.48. The molecule has 1 N–H and O–H groups in total. The Balaban J connectivity index is 2.81. The van der Waals surface area contributed by atoms with Crippen molar-refractivity contribution in [2.75, 3.05) is 44.4 Å². The van der Waals surface area contributed by atoms with Crippen molar-refractivity contribution in [3.63, 3.8) is 0 Å². The van der Waals surface area contributed by atoms with Crippen LogP contribution in [0, 0.1) is 0 Å². The number of rotatable bonds is 10. The van der Waals surface area contributed by atoms with Gasteiger partial charge in [-0.25, -0.2) is 9.78 Å². The molecule has 0 aliphatic heterocycles. The Bertz CT molecular complexity index is 402. The van der Waals surface area contributed by atoms with Crippen LogP contribution in [0.2, 0.25) is 0 Å². The lowest BCUT2D eigenvalue weighted by Gasteiger charge is -2.25. The van der Waals surface area contributed by atoms with Gasteiger partial charge in [-0.05, 0) is 26.0 Å². The molecule has 0 spiro atoms. The average molecular weight is 282 g/mol. The molecule has 0 radical (unpaired) electrons. The molecule has 1 aromatic heterocycles. The van der Waals surface area contributed by atoms with Gasteiger partial charge in [0.2, 0.25) is 0 Å². The Hall–Kier alpha value is -1.66. The Morgan fingerprint density at radius 1 is 1.25 bits per heavy atom. The molecule has 20 heavy (non-hydrogen) atoms. The Morgan fingerprint density at radius 3 is 2.35 bits per heavy atom. The molecule has 0 aliphatic rings. The summed E-state index contributed by atoms with van der Waals surface area (Å²) in [6.45, 7) is 7.41. The molecule has 1 heterocycles. The van der Waals surface area contributed by atoms with Gasteiger partial charge in [-0.3, -0.25) is 0 Å². The molecule has 1 aromatic rings. The number of nitrogens with zero attached hydrogens (tertiary/aromatic N) is 2. The average Bonchev–Trinajstić information content (AvgIpc) is 2.46. The fourth-order valence-electron chi connectivity index (χ4n) is 1.81. The van der Waals surface area contributed by atoms with Crippen LogP contribution in [0.15, 0.2) is 18.3 Å². The normalized spacial score (nSPS) is 10.5. The molecule has 0 bridgehead atoms. The van der Waals surface area contributed by atoms with E-state index < -0.39 is 5.97 Å². The largest absolute Gasteiger partial charge is 0.476 e. The molecule has 0 atom stereocenters. The van der Waals surface area contributed by atoms with E-state index in [4.69, 9.17) is 9.47 Å². The van der Waals surface area contributed by atoms with Crippen LogP contribution in [-0.4, -0.2) is 55.6 Å². The van der Waals surface area contributed by atoms with E-state index in [1.807, 2.05) is 18.7 Å². The maximum Gasteiger partial charge on any atom is 0.356 e. The minimum atomic E-state index is -1.03. The number of hydrogen-bond acceptors (Lipinski definition) is 5. The Labute approximate surface area is 119 Å². The van der Waals surface area contributed by atoms with Gasteiger partial charge in [0, 0.05) is 32.5 Å². The van der Waals surface area contributed by atoms with E-state index in [1.165, 1.54) is 6.20 Å². The van der Waals surface area contributed by atoms with Crippen LogP contribution in [0.1, 0.15) is 24.3 Å². The van der Waals surface area contributed by atoms with Crippen molar-refractivity contribution in [1.29, 1.82) is 0 Å². The summed E-state index contributed by atoms with van der Waals surface area (Å²) in [4.78, 5) is 17.1. The molecule has 1 rings (SSSR count). The third-order valence-electron chi connectivity index (χ3n) is 2.75. The zero-order chi connectivity index (χ0) is 14.8. The molecule has 112 valence electrons. The minimum Gasteiger partial charge on any atom is -0.476 e. The van der Waals surface area contributed by atoms with Gasteiger partial charge in [0.15, 0.2) is 5.69 Å². The number of pyridine rings is 1. The third kappa shape index (κ3) is 5.14. The first kappa shape index (κ1) is 16.4. The highest BCUT2D eigenvalue weighted by Crippen LogP contribution is 2.18. The lowest BCUT2D eigenvalue weighted by Crippen LogP contribution is -2.32. The predicted octanol–water partition coefficient (Wildman–Crippen LogP) is 1.66. The van der Waals surface area contributed by atoms with Crippen molar-refractivity contribution in [1.82, 2.24) is 4.98 Å². The highest BCUT2D eigenvalue weighted by atomic mass is 16.5. The number of carboxylic acid groups (broad SMARTS) is 1. The second-order valence-corrected chi connectivity index (χ2v) is 4.06. The summed E-state index contributed by atoms with van der Waals surface area (Å²) >= 11 is 0. The zero-order valence-corrected chi connectivity index (χ0v) is 12.0. The minimum absolute atomic E-state index is 0.0560. The lowest BCUT2D eigenvalue weighted by atomic mass is 10.2. The first-order chi connectivity index (χ1) is 9.70.